The van der Waals surface area contributed by atoms with Crippen LogP contribution in [-0.2, 0) is 4.74 Å². The van der Waals surface area contributed by atoms with E-state index < -0.39 is 0 Å². The molecule has 1 aromatic heterocycles. The molecule has 0 spiro atoms. The Morgan fingerprint density at radius 1 is 1.55 bits per heavy atom. The maximum Gasteiger partial charge on any atom is 0.258 e. The Hall–Kier alpha value is -1.62. The van der Waals surface area contributed by atoms with E-state index in [9.17, 15) is 4.79 Å². The number of carbonyl (C=O) groups excluding carboxylic acids is 1. The lowest BCUT2D eigenvalue weighted by Crippen LogP contribution is -2.55. The van der Waals surface area contributed by atoms with Gasteiger partial charge in [-0.1, -0.05) is 6.92 Å². The molecular weight excluding hydrogens is 254 g/mol. The second-order valence-electron chi connectivity index (χ2n) is 5.67. The van der Waals surface area contributed by atoms with E-state index in [0.29, 0.717) is 25.3 Å². The summed E-state index contributed by atoms with van der Waals surface area (Å²) in [4.78, 5) is 18.8. The zero-order chi connectivity index (χ0) is 14.6. The summed E-state index contributed by atoms with van der Waals surface area (Å²) in [6.45, 7) is 8.77. The lowest BCUT2D eigenvalue weighted by molar-refractivity contribution is -0.0370. The van der Waals surface area contributed by atoms with Gasteiger partial charge >= 0.3 is 0 Å². The molecule has 5 nitrogen and oxygen atoms in total. The van der Waals surface area contributed by atoms with Crippen molar-refractivity contribution in [2.24, 2.45) is 0 Å². The van der Waals surface area contributed by atoms with Gasteiger partial charge in [0.15, 0.2) is 0 Å². The number of carbonyl (C=O) groups is 1. The van der Waals surface area contributed by atoms with Crippen LogP contribution in [0.15, 0.2) is 18.5 Å². The van der Waals surface area contributed by atoms with E-state index in [1.165, 1.54) is 0 Å². The molecule has 1 fully saturated rings. The second kappa shape index (κ2) is 6.22. The molecule has 0 saturated carbocycles. The van der Waals surface area contributed by atoms with Crippen molar-refractivity contribution in [3.8, 4) is 0 Å². The largest absolute Gasteiger partial charge is 0.384 e. The first-order valence-electron chi connectivity index (χ1n) is 7.14. The van der Waals surface area contributed by atoms with Crippen molar-refractivity contribution in [3.63, 3.8) is 0 Å². The first-order valence-corrected chi connectivity index (χ1v) is 7.14. The predicted molar refractivity (Wildman–Crippen MR) is 79.0 cm³/mol. The van der Waals surface area contributed by atoms with Crippen molar-refractivity contribution < 1.29 is 9.53 Å². The van der Waals surface area contributed by atoms with Gasteiger partial charge in [-0.15, -0.1) is 0 Å². The maximum absolute atomic E-state index is 12.8. The number of pyridine rings is 1. The number of nitrogens with zero attached hydrogens (tertiary/aromatic N) is 2. The number of nitrogens with one attached hydrogen (secondary N) is 1. The van der Waals surface area contributed by atoms with Crippen LogP contribution in [0.1, 0.15) is 37.6 Å². The SMILES string of the molecule is CCCNc1ccncc1C(=O)N1CCOCC1(C)C. The molecule has 110 valence electrons. The van der Waals surface area contributed by atoms with Gasteiger partial charge in [0.25, 0.3) is 5.91 Å². The van der Waals surface area contributed by atoms with Gasteiger partial charge in [0, 0.05) is 25.5 Å². The highest BCUT2D eigenvalue weighted by Crippen LogP contribution is 2.24. The quantitative estimate of drug-likeness (QED) is 0.916. The number of amides is 1. The minimum absolute atomic E-state index is 0.0185. The molecule has 2 heterocycles. The van der Waals surface area contributed by atoms with Crippen molar-refractivity contribution in [2.45, 2.75) is 32.7 Å². The fraction of sp³-hybridized carbons (Fsp3) is 0.600. The van der Waals surface area contributed by atoms with Gasteiger partial charge in [-0.25, -0.2) is 0 Å². The van der Waals surface area contributed by atoms with E-state index in [0.717, 1.165) is 18.7 Å². The standard InChI is InChI=1S/C15H23N3O2/c1-4-6-17-13-5-7-16-10-12(13)14(19)18-8-9-20-11-15(18,2)3/h5,7,10H,4,6,8-9,11H2,1-3H3,(H,16,17). The van der Waals surface area contributed by atoms with Crippen LogP contribution >= 0.6 is 0 Å². The van der Waals surface area contributed by atoms with Gasteiger partial charge in [-0.3, -0.25) is 9.78 Å². The first-order chi connectivity index (χ1) is 9.56. The molecular formula is C15H23N3O2. The van der Waals surface area contributed by atoms with Crippen LogP contribution in [0.4, 0.5) is 5.69 Å². The summed E-state index contributed by atoms with van der Waals surface area (Å²) in [7, 11) is 0. The van der Waals surface area contributed by atoms with Crippen LogP contribution in [0.25, 0.3) is 0 Å². The highest BCUT2D eigenvalue weighted by Gasteiger charge is 2.35. The summed E-state index contributed by atoms with van der Waals surface area (Å²) in [6.07, 6.45) is 4.37. The lowest BCUT2D eigenvalue weighted by atomic mass is 10.0. The summed E-state index contributed by atoms with van der Waals surface area (Å²) in [5, 5.41) is 3.29. The molecule has 0 aromatic carbocycles. The molecule has 20 heavy (non-hydrogen) atoms. The fourth-order valence-corrected chi connectivity index (χ4v) is 2.36. The summed E-state index contributed by atoms with van der Waals surface area (Å²) in [5.41, 5.74) is 1.21. The van der Waals surface area contributed by atoms with E-state index in [2.05, 4.69) is 17.2 Å². The summed E-state index contributed by atoms with van der Waals surface area (Å²) >= 11 is 0. The Kier molecular flexibility index (Phi) is 4.60. The van der Waals surface area contributed by atoms with E-state index in [1.54, 1.807) is 12.4 Å². The number of rotatable bonds is 4. The van der Waals surface area contributed by atoms with Crippen LogP contribution in [-0.4, -0.2) is 47.6 Å². The maximum atomic E-state index is 12.8. The monoisotopic (exact) mass is 277 g/mol. The molecule has 2 rings (SSSR count). The van der Waals surface area contributed by atoms with Gasteiger partial charge in [0.05, 0.1) is 30.0 Å². The minimum Gasteiger partial charge on any atom is -0.384 e. The van der Waals surface area contributed by atoms with Crippen LogP contribution in [0.2, 0.25) is 0 Å². The van der Waals surface area contributed by atoms with E-state index in [4.69, 9.17) is 4.74 Å². The molecule has 0 bridgehead atoms. The highest BCUT2D eigenvalue weighted by molar-refractivity contribution is 5.99. The molecule has 1 amide bonds. The van der Waals surface area contributed by atoms with Crippen molar-refractivity contribution in [2.75, 3.05) is 31.6 Å². The van der Waals surface area contributed by atoms with E-state index in [-0.39, 0.29) is 11.4 Å². The Balaban J connectivity index is 2.24. The number of aromatic nitrogens is 1. The lowest BCUT2D eigenvalue weighted by Gasteiger charge is -2.42. The predicted octanol–water partition coefficient (Wildman–Crippen LogP) is 2.15. The molecule has 0 aliphatic carbocycles. The molecule has 1 aromatic rings. The fourth-order valence-electron chi connectivity index (χ4n) is 2.36. The topological polar surface area (TPSA) is 54.5 Å². The third-order valence-corrected chi connectivity index (χ3v) is 3.51. The summed E-state index contributed by atoms with van der Waals surface area (Å²) in [5.74, 6) is 0.0185. The van der Waals surface area contributed by atoms with Crippen molar-refractivity contribution in [1.82, 2.24) is 9.88 Å². The van der Waals surface area contributed by atoms with Crippen molar-refractivity contribution in [1.29, 1.82) is 0 Å². The number of anilines is 1. The van der Waals surface area contributed by atoms with Gasteiger partial charge < -0.3 is 15.0 Å². The van der Waals surface area contributed by atoms with Gasteiger partial charge in [0.1, 0.15) is 0 Å². The molecule has 1 saturated heterocycles. The normalized spacial score (nSPS) is 17.9. The minimum atomic E-state index is -0.285. The van der Waals surface area contributed by atoms with Gasteiger partial charge in [-0.05, 0) is 26.3 Å². The Morgan fingerprint density at radius 2 is 2.35 bits per heavy atom. The van der Waals surface area contributed by atoms with Crippen LogP contribution in [0, 0.1) is 0 Å². The first kappa shape index (κ1) is 14.8. The number of hydrogen-bond acceptors (Lipinski definition) is 4. The highest BCUT2D eigenvalue weighted by atomic mass is 16.5. The molecule has 1 aliphatic heterocycles. The molecule has 0 radical (unpaired) electrons. The number of ether oxygens (including phenoxy) is 1. The second-order valence-corrected chi connectivity index (χ2v) is 5.67. The summed E-state index contributed by atoms with van der Waals surface area (Å²) in [6, 6.07) is 1.86. The molecule has 1 N–H and O–H groups in total. The zero-order valence-electron chi connectivity index (χ0n) is 12.5. The molecule has 0 unspecified atom stereocenters. The Labute approximate surface area is 120 Å². The van der Waals surface area contributed by atoms with E-state index >= 15 is 0 Å². The molecule has 0 atom stereocenters. The van der Waals surface area contributed by atoms with Crippen LogP contribution in [0.3, 0.4) is 0 Å². The van der Waals surface area contributed by atoms with Crippen molar-refractivity contribution >= 4 is 11.6 Å². The van der Waals surface area contributed by atoms with Crippen LogP contribution in [0.5, 0.6) is 0 Å². The van der Waals surface area contributed by atoms with Gasteiger partial charge in [-0.2, -0.15) is 0 Å². The summed E-state index contributed by atoms with van der Waals surface area (Å²) < 4.78 is 5.47. The third-order valence-electron chi connectivity index (χ3n) is 3.51. The average Bonchev–Trinajstić information content (AvgIpc) is 2.44. The number of morpholine rings is 1. The Morgan fingerprint density at radius 3 is 3.05 bits per heavy atom. The molecule has 1 aliphatic rings. The van der Waals surface area contributed by atoms with Gasteiger partial charge in [0.2, 0.25) is 0 Å². The van der Waals surface area contributed by atoms with E-state index in [1.807, 2.05) is 24.8 Å². The molecule has 5 heteroatoms. The zero-order valence-corrected chi connectivity index (χ0v) is 12.5. The number of hydrogen-bond donors (Lipinski definition) is 1. The third kappa shape index (κ3) is 3.10. The Bertz CT molecular complexity index is 474. The smallest absolute Gasteiger partial charge is 0.258 e. The van der Waals surface area contributed by atoms with Crippen molar-refractivity contribution in [3.05, 3.63) is 24.0 Å². The average molecular weight is 277 g/mol. The van der Waals surface area contributed by atoms with Crippen LogP contribution < -0.4 is 5.32 Å².